The summed E-state index contributed by atoms with van der Waals surface area (Å²) in [4.78, 5) is 7.08. The van der Waals surface area contributed by atoms with Crippen molar-refractivity contribution in [2.75, 3.05) is 19.6 Å². The van der Waals surface area contributed by atoms with E-state index in [1.54, 1.807) is 0 Å². The molecule has 2 heteroatoms. The minimum atomic E-state index is 1.05. The van der Waals surface area contributed by atoms with E-state index < -0.39 is 0 Å². The van der Waals surface area contributed by atoms with Crippen LogP contribution in [0.15, 0.2) is 4.99 Å². The maximum atomic E-state index is 4.61. The standard InChI is InChI=1S/C11H22N2/c1-3-5-7-11-12-8-6-10-13(11)9-4-2/h3-10H2,1-2H3. The zero-order chi connectivity index (χ0) is 9.52. The van der Waals surface area contributed by atoms with E-state index in [0.717, 1.165) is 6.54 Å². The maximum Gasteiger partial charge on any atom is 0.0988 e. The van der Waals surface area contributed by atoms with Crippen LogP contribution in [0.1, 0.15) is 46.0 Å². The molecule has 1 aliphatic heterocycles. The zero-order valence-electron chi connectivity index (χ0n) is 9.05. The highest BCUT2D eigenvalue weighted by atomic mass is 15.2. The summed E-state index contributed by atoms with van der Waals surface area (Å²) in [7, 11) is 0. The lowest BCUT2D eigenvalue weighted by Gasteiger charge is -2.29. The fraction of sp³-hybridized carbons (Fsp3) is 0.909. The van der Waals surface area contributed by atoms with Crippen LogP contribution >= 0.6 is 0 Å². The van der Waals surface area contributed by atoms with E-state index in [9.17, 15) is 0 Å². The first-order chi connectivity index (χ1) is 6.38. The predicted octanol–water partition coefficient (Wildman–Crippen LogP) is 2.69. The number of unbranched alkanes of at least 4 members (excludes halogenated alkanes) is 1. The van der Waals surface area contributed by atoms with Crippen LogP contribution in [-0.2, 0) is 0 Å². The summed E-state index contributed by atoms with van der Waals surface area (Å²) >= 11 is 0. The summed E-state index contributed by atoms with van der Waals surface area (Å²) in [6.07, 6.45) is 6.25. The van der Waals surface area contributed by atoms with E-state index in [-0.39, 0.29) is 0 Å². The van der Waals surface area contributed by atoms with E-state index >= 15 is 0 Å². The zero-order valence-corrected chi connectivity index (χ0v) is 9.05. The highest BCUT2D eigenvalue weighted by Crippen LogP contribution is 2.09. The lowest BCUT2D eigenvalue weighted by atomic mass is 10.2. The molecule has 0 aromatic heterocycles. The average Bonchev–Trinajstić information content (AvgIpc) is 2.17. The number of nitrogens with zero attached hydrogens (tertiary/aromatic N) is 2. The fourth-order valence-corrected chi connectivity index (χ4v) is 1.78. The van der Waals surface area contributed by atoms with Crippen molar-refractivity contribution >= 4 is 5.84 Å². The highest BCUT2D eigenvalue weighted by Gasteiger charge is 2.12. The second kappa shape index (κ2) is 6.01. The van der Waals surface area contributed by atoms with Gasteiger partial charge in [-0.2, -0.15) is 0 Å². The molecule has 0 unspecified atom stereocenters. The molecular weight excluding hydrogens is 160 g/mol. The van der Waals surface area contributed by atoms with Gasteiger partial charge in [-0.05, 0) is 19.3 Å². The second-order valence-corrected chi connectivity index (χ2v) is 3.74. The first-order valence-corrected chi connectivity index (χ1v) is 5.66. The average molecular weight is 182 g/mol. The molecule has 0 saturated carbocycles. The molecule has 0 aromatic rings. The minimum Gasteiger partial charge on any atom is -0.360 e. The van der Waals surface area contributed by atoms with E-state index in [1.807, 2.05) is 0 Å². The first kappa shape index (κ1) is 10.6. The van der Waals surface area contributed by atoms with Crippen molar-refractivity contribution in [3.8, 4) is 0 Å². The molecule has 0 saturated heterocycles. The molecule has 76 valence electrons. The van der Waals surface area contributed by atoms with Gasteiger partial charge in [0.05, 0.1) is 5.84 Å². The minimum absolute atomic E-state index is 1.05. The molecule has 0 aliphatic carbocycles. The van der Waals surface area contributed by atoms with E-state index in [1.165, 1.54) is 51.0 Å². The third-order valence-electron chi connectivity index (χ3n) is 2.49. The highest BCUT2D eigenvalue weighted by molar-refractivity contribution is 5.82. The Bertz CT molecular complexity index is 163. The SMILES string of the molecule is CCCCC1=NCCCN1CCC. The van der Waals surface area contributed by atoms with Crippen LogP contribution in [0.2, 0.25) is 0 Å². The second-order valence-electron chi connectivity index (χ2n) is 3.74. The molecule has 0 bridgehead atoms. The summed E-state index contributed by atoms with van der Waals surface area (Å²) in [6, 6.07) is 0. The molecule has 1 aliphatic rings. The quantitative estimate of drug-likeness (QED) is 0.638. The van der Waals surface area contributed by atoms with Gasteiger partial charge < -0.3 is 4.90 Å². The Balaban J connectivity index is 2.40. The molecule has 0 spiro atoms. The van der Waals surface area contributed by atoms with Gasteiger partial charge in [0.1, 0.15) is 0 Å². The van der Waals surface area contributed by atoms with Crippen molar-refractivity contribution in [1.82, 2.24) is 4.90 Å². The molecule has 0 fully saturated rings. The van der Waals surface area contributed by atoms with Gasteiger partial charge in [0.2, 0.25) is 0 Å². The van der Waals surface area contributed by atoms with Gasteiger partial charge in [0.25, 0.3) is 0 Å². The van der Waals surface area contributed by atoms with Gasteiger partial charge in [0, 0.05) is 26.1 Å². The molecule has 0 aromatic carbocycles. The van der Waals surface area contributed by atoms with Crippen molar-refractivity contribution in [3.05, 3.63) is 0 Å². The van der Waals surface area contributed by atoms with Crippen LogP contribution in [0.25, 0.3) is 0 Å². The summed E-state index contributed by atoms with van der Waals surface area (Å²) in [5, 5.41) is 0. The van der Waals surface area contributed by atoms with Crippen LogP contribution in [-0.4, -0.2) is 30.4 Å². The molecule has 2 nitrogen and oxygen atoms in total. The van der Waals surface area contributed by atoms with Gasteiger partial charge in [-0.15, -0.1) is 0 Å². The van der Waals surface area contributed by atoms with Crippen LogP contribution < -0.4 is 0 Å². The molecule has 0 N–H and O–H groups in total. The van der Waals surface area contributed by atoms with Crippen LogP contribution in [0.3, 0.4) is 0 Å². The molecule has 0 amide bonds. The van der Waals surface area contributed by atoms with E-state index in [0.29, 0.717) is 0 Å². The van der Waals surface area contributed by atoms with Crippen LogP contribution in [0.5, 0.6) is 0 Å². The Labute approximate surface area is 82.0 Å². The van der Waals surface area contributed by atoms with Crippen LogP contribution in [0.4, 0.5) is 0 Å². The van der Waals surface area contributed by atoms with Crippen molar-refractivity contribution in [1.29, 1.82) is 0 Å². The monoisotopic (exact) mass is 182 g/mol. The van der Waals surface area contributed by atoms with Crippen molar-refractivity contribution < 1.29 is 0 Å². The summed E-state index contributed by atoms with van der Waals surface area (Å²) in [5.74, 6) is 1.37. The van der Waals surface area contributed by atoms with Gasteiger partial charge in [-0.3, -0.25) is 4.99 Å². The predicted molar refractivity (Wildman–Crippen MR) is 58.3 cm³/mol. The van der Waals surface area contributed by atoms with E-state index in [4.69, 9.17) is 0 Å². The fourth-order valence-electron chi connectivity index (χ4n) is 1.78. The smallest absolute Gasteiger partial charge is 0.0988 e. The molecule has 13 heavy (non-hydrogen) atoms. The molecule has 0 radical (unpaired) electrons. The van der Waals surface area contributed by atoms with Gasteiger partial charge >= 0.3 is 0 Å². The normalized spacial score (nSPS) is 17.4. The summed E-state index contributed by atoms with van der Waals surface area (Å²) in [6.45, 7) is 7.97. The molecular formula is C11H22N2. The van der Waals surface area contributed by atoms with Crippen LogP contribution in [0, 0.1) is 0 Å². The van der Waals surface area contributed by atoms with Gasteiger partial charge in [-0.1, -0.05) is 20.3 Å². The Morgan fingerprint density at radius 1 is 1.31 bits per heavy atom. The first-order valence-electron chi connectivity index (χ1n) is 5.66. The third-order valence-corrected chi connectivity index (χ3v) is 2.49. The summed E-state index contributed by atoms with van der Waals surface area (Å²) in [5.41, 5.74) is 0. The third kappa shape index (κ3) is 3.37. The number of amidine groups is 1. The van der Waals surface area contributed by atoms with Gasteiger partial charge in [0.15, 0.2) is 0 Å². The number of rotatable bonds is 5. The van der Waals surface area contributed by atoms with Crippen molar-refractivity contribution in [3.63, 3.8) is 0 Å². The molecule has 1 rings (SSSR count). The molecule has 1 heterocycles. The number of hydrogen-bond acceptors (Lipinski definition) is 2. The Kier molecular flexibility index (Phi) is 4.87. The Hall–Kier alpha value is -0.530. The lowest BCUT2D eigenvalue weighted by molar-refractivity contribution is 0.383. The van der Waals surface area contributed by atoms with Crippen molar-refractivity contribution in [2.45, 2.75) is 46.0 Å². The molecule has 0 atom stereocenters. The van der Waals surface area contributed by atoms with E-state index in [2.05, 4.69) is 23.7 Å². The largest absolute Gasteiger partial charge is 0.360 e. The topological polar surface area (TPSA) is 15.6 Å². The number of hydrogen-bond donors (Lipinski definition) is 0. The van der Waals surface area contributed by atoms with Crippen molar-refractivity contribution in [2.24, 2.45) is 4.99 Å². The Morgan fingerprint density at radius 2 is 2.15 bits per heavy atom. The Morgan fingerprint density at radius 3 is 2.85 bits per heavy atom. The van der Waals surface area contributed by atoms with Gasteiger partial charge in [-0.25, -0.2) is 0 Å². The maximum absolute atomic E-state index is 4.61. The summed E-state index contributed by atoms with van der Waals surface area (Å²) < 4.78 is 0. The number of aliphatic imine (C=N–C) groups is 1. The lowest BCUT2D eigenvalue weighted by Crippen LogP contribution is -2.36.